The maximum atomic E-state index is 13.6. The fourth-order valence-corrected chi connectivity index (χ4v) is 5.67. The summed E-state index contributed by atoms with van der Waals surface area (Å²) in [5.74, 6) is 0.940. The number of amides is 1. The molecular weight excluding hydrogens is 612 g/mol. The van der Waals surface area contributed by atoms with E-state index >= 15 is 0 Å². The van der Waals surface area contributed by atoms with Gasteiger partial charge in [0, 0.05) is 33.5 Å². The van der Waals surface area contributed by atoms with Gasteiger partial charge in [-0.05, 0) is 60.2 Å². The van der Waals surface area contributed by atoms with Gasteiger partial charge in [-0.3, -0.25) is 9.59 Å². The first-order valence-corrected chi connectivity index (χ1v) is 15.4. The molecule has 0 spiro atoms. The fraction of sp³-hybridized carbons (Fsp3) is 0.0250. The number of methoxy groups -OCH3 is 1. The number of carbonyl (C=O) groups excluding carboxylic acids is 2. The van der Waals surface area contributed by atoms with Crippen molar-refractivity contribution in [2.75, 3.05) is 18.2 Å². The fourth-order valence-electron chi connectivity index (χ4n) is 5.67. The molecule has 9 nitrogen and oxygen atoms in total. The Hall–Kier alpha value is -7.05. The van der Waals surface area contributed by atoms with Gasteiger partial charge in [0.1, 0.15) is 29.0 Å². The number of nitrogens with zero attached hydrogens (tertiary/aromatic N) is 3. The molecule has 0 saturated heterocycles. The van der Waals surface area contributed by atoms with Gasteiger partial charge in [-0.2, -0.15) is 5.26 Å². The predicted molar refractivity (Wildman–Crippen MR) is 190 cm³/mol. The van der Waals surface area contributed by atoms with Crippen molar-refractivity contribution in [3.63, 3.8) is 0 Å². The summed E-state index contributed by atoms with van der Waals surface area (Å²) >= 11 is 0. The number of aromatic nitrogens is 3. The smallest absolute Gasteiger partial charge is 0.256 e. The van der Waals surface area contributed by atoms with Gasteiger partial charge in [0.15, 0.2) is 5.78 Å². The van der Waals surface area contributed by atoms with Crippen LogP contribution in [-0.2, 0) is 0 Å². The number of benzene rings is 5. The summed E-state index contributed by atoms with van der Waals surface area (Å²) in [5, 5.41) is 12.8. The van der Waals surface area contributed by atoms with Gasteiger partial charge >= 0.3 is 0 Å². The molecule has 2 aromatic heterocycles. The number of ketones is 1. The molecule has 1 amide bonds. The van der Waals surface area contributed by atoms with E-state index in [2.05, 4.69) is 21.4 Å². The van der Waals surface area contributed by atoms with E-state index in [4.69, 9.17) is 15.5 Å². The van der Waals surface area contributed by atoms with Crippen LogP contribution in [0.4, 0.5) is 11.5 Å². The molecule has 0 aliphatic heterocycles. The molecule has 0 radical (unpaired) electrons. The number of ether oxygens (including phenoxy) is 1. The minimum absolute atomic E-state index is 0.0889. The summed E-state index contributed by atoms with van der Waals surface area (Å²) in [6.45, 7) is 0. The van der Waals surface area contributed by atoms with Gasteiger partial charge in [0.25, 0.3) is 5.91 Å². The molecule has 7 aromatic rings. The molecule has 0 unspecified atom stereocenters. The Bertz CT molecular complexity index is 2390. The van der Waals surface area contributed by atoms with E-state index in [0.29, 0.717) is 61.9 Å². The van der Waals surface area contributed by atoms with Crippen LogP contribution in [0.1, 0.15) is 31.8 Å². The predicted octanol–water partition coefficient (Wildman–Crippen LogP) is 7.90. The molecule has 49 heavy (non-hydrogen) atoms. The van der Waals surface area contributed by atoms with E-state index in [0.717, 1.165) is 16.6 Å². The highest BCUT2D eigenvalue weighted by Gasteiger charge is 2.18. The summed E-state index contributed by atoms with van der Waals surface area (Å²) in [7, 11) is 1.59. The standard InChI is InChI=1S/C40H28N6O3/c1-49-29-18-13-24(14-19-29)32-22-35(44-38(42)33(32)23-41)25-11-16-28(17-12-25)43-40(48)31-10-6-5-9-30(31)39-45-34-20-15-27(21-36(34)46-39)37(47)26-7-3-2-4-8-26/h2-22H,1H3,(H2,42,44)(H,43,48)(H,45,46). The van der Waals surface area contributed by atoms with E-state index in [1.165, 1.54) is 0 Å². The number of nitriles is 1. The lowest BCUT2D eigenvalue weighted by Crippen LogP contribution is -2.13. The first-order chi connectivity index (χ1) is 23.9. The third kappa shape index (κ3) is 6.10. The van der Waals surface area contributed by atoms with Crippen molar-refractivity contribution in [3.05, 3.63) is 150 Å². The minimum atomic E-state index is -0.314. The first kappa shape index (κ1) is 30.6. The lowest BCUT2D eigenvalue weighted by molar-refractivity contribution is 0.102. The Labute approximate surface area is 281 Å². The number of nitrogens with two attached hydrogens (primary N) is 1. The van der Waals surface area contributed by atoms with E-state index in [1.807, 2.05) is 78.9 Å². The lowest BCUT2D eigenvalue weighted by atomic mass is 9.98. The van der Waals surface area contributed by atoms with Crippen LogP contribution in [0.25, 0.3) is 44.8 Å². The maximum Gasteiger partial charge on any atom is 0.256 e. The monoisotopic (exact) mass is 640 g/mol. The van der Waals surface area contributed by atoms with Crippen LogP contribution in [0.2, 0.25) is 0 Å². The number of nitrogens with one attached hydrogen (secondary N) is 2. The minimum Gasteiger partial charge on any atom is -0.497 e. The van der Waals surface area contributed by atoms with Gasteiger partial charge in [0.05, 0.1) is 29.4 Å². The van der Waals surface area contributed by atoms with Crippen molar-refractivity contribution >= 4 is 34.2 Å². The van der Waals surface area contributed by atoms with Gasteiger partial charge in [-0.1, -0.05) is 72.8 Å². The van der Waals surface area contributed by atoms with Crippen molar-refractivity contribution in [3.8, 4) is 45.6 Å². The molecule has 7 rings (SSSR count). The molecule has 0 fully saturated rings. The van der Waals surface area contributed by atoms with Crippen LogP contribution >= 0.6 is 0 Å². The number of H-pyrrole nitrogens is 1. The molecule has 2 heterocycles. The second-order valence-electron chi connectivity index (χ2n) is 11.2. The molecular formula is C40H28N6O3. The first-order valence-electron chi connectivity index (χ1n) is 15.4. The van der Waals surface area contributed by atoms with Crippen LogP contribution < -0.4 is 15.8 Å². The van der Waals surface area contributed by atoms with E-state index in [-0.39, 0.29) is 17.5 Å². The number of carbonyl (C=O) groups is 2. The SMILES string of the molecule is COc1ccc(-c2cc(-c3ccc(NC(=O)c4ccccc4-c4nc5cc(C(=O)c6ccccc6)ccc5[nH]4)cc3)nc(N)c2C#N)cc1. The quantitative estimate of drug-likeness (QED) is 0.143. The second kappa shape index (κ2) is 13.0. The Morgan fingerprint density at radius 1 is 0.776 bits per heavy atom. The van der Waals surface area contributed by atoms with Crippen LogP contribution in [0.15, 0.2) is 127 Å². The van der Waals surface area contributed by atoms with Crippen LogP contribution in [-0.4, -0.2) is 33.8 Å². The Kier molecular flexibility index (Phi) is 8.11. The molecule has 9 heteroatoms. The third-order valence-corrected chi connectivity index (χ3v) is 8.21. The number of pyridine rings is 1. The zero-order valence-electron chi connectivity index (χ0n) is 26.3. The van der Waals surface area contributed by atoms with Gasteiger partial charge < -0.3 is 20.8 Å². The van der Waals surface area contributed by atoms with Crippen molar-refractivity contribution in [2.45, 2.75) is 0 Å². The number of hydrogen-bond donors (Lipinski definition) is 3. The summed E-state index contributed by atoms with van der Waals surface area (Å²) in [6.07, 6.45) is 0. The van der Waals surface area contributed by atoms with E-state index < -0.39 is 0 Å². The Morgan fingerprint density at radius 3 is 2.22 bits per heavy atom. The number of fused-ring (bicyclic) bond motifs is 1. The van der Waals surface area contributed by atoms with Crippen molar-refractivity contribution in [1.82, 2.24) is 15.0 Å². The maximum absolute atomic E-state index is 13.6. The normalized spacial score (nSPS) is 10.8. The van der Waals surface area contributed by atoms with Gasteiger partial charge in [-0.25, -0.2) is 9.97 Å². The van der Waals surface area contributed by atoms with Crippen molar-refractivity contribution in [1.29, 1.82) is 5.26 Å². The Balaban J connectivity index is 1.13. The number of aromatic amines is 1. The highest BCUT2D eigenvalue weighted by molar-refractivity contribution is 6.11. The molecule has 0 saturated carbocycles. The van der Waals surface area contributed by atoms with Gasteiger partial charge in [-0.15, -0.1) is 0 Å². The Morgan fingerprint density at radius 2 is 1.49 bits per heavy atom. The third-order valence-electron chi connectivity index (χ3n) is 8.21. The number of nitrogen functional groups attached to an aromatic ring is 1. The molecule has 0 bridgehead atoms. The van der Waals surface area contributed by atoms with Crippen LogP contribution in [0, 0.1) is 11.3 Å². The number of rotatable bonds is 8. The van der Waals surface area contributed by atoms with E-state index in [9.17, 15) is 14.9 Å². The molecule has 4 N–H and O–H groups in total. The average molecular weight is 641 g/mol. The van der Waals surface area contributed by atoms with Crippen LogP contribution in [0.5, 0.6) is 5.75 Å². The zero-order valence-corrected chi connectivity index (χ0v) is 26.3. The molecule has 5 aromatic carbocycles. The average Bonchev–Trinajstić information content (AvgIpc) is 3.58. The summed E-state index contributed by atoms with van der Waals surface area (Å²) < 4.78 is 5.26. The van der Waals surface area contributed by atoms with Gasteiger partial charge in [0.2, 0.25) is 0 Å². The highest BCUT2D eigenvalue weighted by atomic mass is 16.5. The number of hydrogen-bond acceptors (Lipinski definition) is 7. The summed E-state index contributed by atoms with van der Waals surface area (Å²) in [6, 6.07) is 40.2. The summed E-state index contributed by atoms with van der Waals surface area (Å²) in [5.41, 5.74) is 13.4. The molecule has 236 valence electrons. The number of imidazole rings is 1. The lowest BCUT2D eigenvalue weighted by Gasteiger charge is -2.12. The molecule has 0 atom stereocenters. The van der Waals surface area contributed by atoms with Crippen molar-refractivity contribution < 1.29 is 14.3 Å². The zero-order chi connectivity index (χ0) is 33.9. The van der Waals surface area contributed by atoms with Crippen LogP contribution in [0.3, 0.4) is 0 Å². The topological polar surface area (TPSA) is 147 Å². The second-order valence-corrected chi connectivity index (χ2v) is 11.2. The highest BCUT2D eigenvalue weighted by Crippen LogP contribution is 2.33. The molecule has 0 aliphatic rings. The number of anilines is 2. The molecule has 0 aliphatic carbocycles. The van der Waals surface area contributed by atoms with Crippen molar-refractivity contribution in [2.24, 2.45) is 0 Å². The van der Waals surface area contributed by atoms with E-state index in [1.54, 1.807) is 55.6 Å². The summed E-state index contributed by atoms with van der Waals surface area (Å²) in [4.78, 5) is 39.1. The largest absolute Gasteiger partial charge is 0.497 e.